The van der Waals surface area contributed by atoms with Crippen LogP contribution in [0.25, 0.3) is 0 Å². The van der Waals surface area contributed by atoms with Crippen LogP contribution >= 0.6 is 0 Å². The van der Waals surface area contributed by atoms with Gasteiger partial charge < -0.3 is 65.9 Å². The van der Waals surface area contributed by atoms with Crippen molar-refractivity contribution >= 4 is 76.4 Å². The number of nitrogens with zero attached hydrogens (tertiary/aromatic N) is 3. The molecule has 26 nitrogen and oxygen atoms in total. The van der Waals surface area contributed by atoms with Crippen molar-refractivity contribution in [2.24, 2.45) is 10.2 Å². The number of esters is 3. The van der Waals surface area contributed by atoms with Crippen molar-refractivity contribution in [3.8, 4) is 23.0 Å². The van der Waals surface area contributed by atoms with Gasteiger partial charge in [0.25, 0.3) is 0 Å². The molecule has 2 aliphatic heterocycles. The lowest BCUT2D eigenvalue weighted by Gasteiger charge is -2.36. The number of carboxylic acids is 1. The number of amides is 5. The molecule has 2 aliphatic rings. The molecule has 7 rings (SSSR count). The number of rotatable bonds is 22. The number of hydroxylamine groups is 1. The quantitative estimate of drug-likeness (QED) is 0.0118. The van der Waals surface area contributed by atoms with Gasteiger partial charge in [-0.05, 0) is 125 Å². The number of anilines is 1. The molecule has 26 heteroatoms. The molecule has 5 aromatic rings. The van der Waals surface area contributed by atoms with Crippen molar-refractivity contribution < 1.29 is 82.3 Å². The minimum Gasteiger partial charge on any atom is -0.508 e. The number of nitrogens with one attached hydrogen (secondary N) is 6. The highest BCUT2D eigenvalue weighted by Crippen LogP contribution is 2.57. The number of aromatic hydroxyl groups is 2. The van der Waals surface area contributed by atoms with Crippen LogP contribution in [0.15, 0.2) is 113 Å². The molecular weight excluding hydrogens is 1070 g/mol. The standard InChI is InChI=1S/C56H57N9O17/c1-28(58-46(68)8-7-23-57-82-53(76)32-9-12-34(13-10-32)63-64-35-14-16-36(17-15-35)65(5)6)48(71)59-29(2)49(72)60-30(3)50(73)61-31(4)51(74)62-43(27-47(69)70)55(78)80-52(75)33-11-20-39-42(24-33)56(81-54(39)77)40-21-18-37(66)25-44(40)79-45-26-38(67)19-22-41(45)56/h9-22,24-26,28-31,43,57,66-67H,7-8,23,27H2,1-6H3,(H,58,68)(H,59,71)(H,60,72)(H,61,73)(H,62,74)(H,69,70)/t28-,29-,30-,31-,43-/m0/s1. The van der Waals surface area contributed by atoms with Gasteiger partial charge in [-0.3, -0.25) is 28.8 Å². The predicted molar refractivity (Wildman–Crippen MR) is 287 cm³/mol. The molecule has 0 saturated heterocycles. The number of carbonyl (C=O) groups excluding carboxylic acids is 9. The second-order valence-electron chi connectivity index (χ2n) is 19.2. The van der Waals surface area contributed by atoms with Crippen molar-refractivity contribution in [1.82, 2.24) is 32.1 Å². The van der Waals surface area contributed by atoms with Crippen molar-refractivity contribution in [2.75, 3.05) is 25.5 Å². The summed E-state index contributed by atoms with van der Waals surface area (Å²) in [4.78, 5) is 136. The van der Waals surface area contributed by atoms with Crippen LogP contribution < -0.4 is 41.7 Å². The normalized spacial score (nSPS) is 14.3. The smallest absolute Gasteiger partial charge is 0.356 e. The van der Waals surface area contributed by atoms with E-state index < -0.39 is 102 Å². The molecule has 0 aliphatic carbocycles. The molecular formula is C56H57N9O17. The Labute approximate surface area is 467 Å². The van der Waals surface area contributed by atoms with E-state index in [0.29, 0.717) is 11.4 Å². The Kier molecular flexibility index (Phi) is 18.6. The second kappa shape index (κ2) is 25.7. The SMILES string of the molecule is C[C@H](NC(=O)CCCNOC(=O)c1ccc(N=Nc2ccc(N(C)C)cc2)cc1)C(=O)N[C@@H](C)C(=O)N[C@@H](C)C(=O)N[C@@H](C)C(=O)N[C@@H](CC(=O)O)C(=O)OC(=O)c1ccc2c(c1)C1(OC2=O)c2ccc(O)cc2Oc2cc(O)ccc21. The van der Waals surface area contributed by atoms with Crippen LogP contribution in [-0.4, -0.2) is 126 Å². The summed E-state index contributed by atoms with van der Waals surface area (Å²) >= 11 is 0. The van der Waals surface area contributed by atoms with E-state index in [1.165, 1.54) is 88.4 Å². The highest BCUT2D eigenvalue weighted by molar-refractivity contribution is 6.03. The van der Waals surface area contributed by atoms with Crippen molar-refractivity contribution in [3.05, 3.63) is 137 Å². The predicted octanol–water partition coefficient (Wildman–Crippen LogP) is 3.95. The zero-order chi connectivity index (χ0) is 59.6. The lowest BCUT2D eigenvalue weighted by Crippen LogP contribution is -2.57. The Morgan fingerprint density at radius 3 is 1.63 bits per heavy atom. The molecule has 0 fully saturated rings. The molecule has 0 bridgehead atoms. The van der Waals surface area contributed by atoms with E-state index in [9.17, 15) is 63.3 Å². The van der Waals surface area contributed by atoms with Gasteiger partial charge in [-0.25, -0.2) is 19.2 Å². The number of aliphatic carboxylic acids is 1. The van der Waals surface area contributed by atoms with Crippen LogP contribution in [-0.2, 0) is 53.5 Å². The van der Waals surface area contributed by atoms with Gasteiger partial charge in [-0.2, -0.15) is 15.7 Å². The molecule has 5 amide bonds. The molecule has 0 radical (unpaired) electrons. The molecule has 9 N–H and O–H groups in total. The highest BCUT2D eigenvalue weighted by atomic mass is 16.7. The first-order chi connectivity index (χ1) is 38.9. The Balaban J connectivity index is 0.830. The number of hydrogen-bond donors (Lipinski definition) is 9. The first-order valence-electron chi connectivity index (χ1n) is 25.4. The number of ether oxygens (including phenoxy) is 3. The van der Waals surface area contributed by atoms with Crippen molar-refractivity contribution in [2.45, 2.75) is 82.8 Å². The van der Waals surface area contributed by atoms with Gasteiger partial charge in [-0.15, -0.1) is 0 Å². The largest absolute Gasteiger partial charge is 0.508 e. The van der Waals surface area contributed by atoms with Gasteiger partial charge in [-0.1, -0.05) is 0 Å². The number of phenols is 2. The maximum absolute atomic E-state index is 13.6. The molecule has 82 heavy (non-hydrogen) atoms. The fourth-order valence-electron chi connectivity index (χ4n) is 8.40. The van der Waals surface area contributed by atoms with Gasteiger partial charge in [0.2, 0.25) is 29.5 Å². The zero-order valence-corrected chi connectivity index (χ0v) is 44.9. The van der Waals surface area contributed by atoms with Gasteiger partial charge in [0.05, 0.1) is 34.5 Å². The van der Waals surface area contributed by atoms with Crippen LogP contribution in [0.3, 0.4) is 0 Å². The molecule has 428 valence electrons. The third kappa shape index (κ3) is 14.1. The number of phenolic OH excluding ortho intramolecular Hbond substituents is 2. The summed E-state index contributed by atoms with van der Waals surface area (Å²) in [7, 11) is 3.86. The fourth-order valence-corrected chi connectivity index (χ4v) is 8.40. The fraction of sp³-hybridized carbons (Fsp3) is 0.286. The van der Waals surface area contributed by atoms with Crippen LogP contribution in [0.5, 0.6) is 23.0 Å². The number of benzene rings is 5. The summed E-state index contributed by atoms with van der Waals surface area (Å²) in [5.74, 6) is -10.3. The van der Waals surface area contributed by atoms with E-state index >= 15 is 0 Å². The molecule has 0 unspecified atom stereocenters. The summed E-state index contributed by atoms with van der Waals surface area (Å²) < 4.78 is 17.0. The maximum atomic E-state index is 13.6. The van der Waals surface area contributed by atoms with E-state index in [2.05, 4.69) is 42.3 Å². The molecule has 0 saturated carbocycles. The van der Waals surface area contributed by atoms with Gasteiger partial charge in [0.15, 0.2) is 5.60 Å². The van der Waals surface area contributed by atoms with Crippen LogP contribution in [0.2, 0.25) is 0 Å². The van der Waals surface area contributed by atoms with Gasteiger partial charge >= 0.3 is 29.8 Å². The Bertz CT molecular complexity index is 3320. The first-order valence-corrected chi connectivity index (χ1v) is 25.4. The average molecular weight is 1130 g/mol. The number of fused-ring (bicyclic) bond motifs is 6. The van der Waals surface area contributed by atoms with E-state index in [-0.39, 0.29) is 75.8 Å². The number of hydrogen-bond acceptors (Lipinski definition) is 20. The lowest BCUT2D eigenvalue weighted by atomic mass is 9.77. The third-order valence-corrected chi connectivity index (χ3v) is 12.8. The van der Waals surface area contributed by atoms with E-state index in [1.54, 1.807) is 12.1 Å². The van der Waals surface area contributed by atoms with Crippen molar-refractivity contribution in [1.29, 1.82) is 0 Å². The summed E-state index contributed by atoms with van der Waals surface area (Å²) in [6.07, 6.45) is -0.920. The topological polar surface area (TPSA) is 368 Å². The summed E-state index contributed by atoms with van der Waals surface area (Å²) in [6, 6.07) is 18.3. The monoisotopic (exact) mass is 1130 g/mol. The van der Waals surface area contributed by atoms with Crippen LogP contribution in [0, 0.1) is 0 Å². The minimum atomic E-state index is -1.98. The molecule has 5 atom stereocenters. The number of carboxylic acid groups (broad SMARTS) is 1. The molecule has 1 spiro atoms. The highest BCUT2D eigenvalue weighted by Gasteiger charge is 2.54. The number of azo groups is 1. The average Bonchev–Trinajstić information content (AvgIpc) is 1.74. The van der Waals surface area contributed by atoms with Gasteiger partial charge in [0, 0.05) is 61.6 Å². The summed E-state index contributed by atoms with van der Waals surface area (Å²) in [5, 5.41) is 50.2. The summed E-state index contributed by atoms with van der Waals surface area (Å²) in [5.41, 5.74) is 3.40. The minimum absolute atomic E-state index is 0.00298. The second-order valence-corrected chi connectivity index (χ2v) is 19.2. The van der Waals surface area contributed by atoms with Gasteiger partial charge in [0.1, 0.15) is 53.2 Å². The molecule has 0 aromatic heterocycles. The Morgan fingerprint density at radius 2 is 1.11 bits per heavy atom. The Hall–Kier alpha value is -10.2. The van der Waals surface area contributed by atoms with Crippen molar-refractivity contribution in [3.63, 3.8) is 0 Å². The lowest BCUT2D eigenvalue weighted by molar-refractivity contribution is -0.148. The van der Waals surface area contributed by atoms with Crippen LogP contribution in [0.4, 0.5) is 17.1 Å². The first kappa shape index (κ1) is 59.4. The zero-order valence-electron chi connectivity index (χ0n) is 44.9. The molecule has 2 heterocycles. The van der Waals surface area contributed by atoms with E-state index in [4.69, 9.17) is 19.0 Å². The maximum Gasteiger partial charge on any atom is 0.356 e. The molecule has 5 aromatic carbocycles. The number of carbonyl (C=O) groups is 10. The van der Waals surface area contributed by atoms with E-state index in [0.717, 1.165) is 11.8 Å². The van der Waals surface area contributed by atoms with Crippen LogP contribution in [0.1, 0.15) is 94.7 Å². The Morgan fingerprint density at radius 1 is 0.610 bits per heavy atom. The third-order valence-electron chi connectivity index (χ3n) is 12.8. The van der Waals surface area contributed by atoms with E-state index in [1.807, 2.05) is 43.3 Å². The summed E-state index contributed by atoms with van der Waals surface area (Å²) in [6.45, 7) is 5.24.